The van der Waals surface area contributed by atoms with Crippen LogP contribution in [0.5, 0.6) is 0 Å². The third-order valence-corrected chi connectivity index (χ3v) is 5.53. The van der Waals surface area contributed by atoms with Gasteiger partial charge < -0.3 is 10.2 Å². The number of fused-ring (bicyclic) bond motifs is 2. The minimum absolute atomic E-state index is 0.0997. The normalized spacial score (nSPS) is 10.5. The number of aliphatic hydroxyl groups is 1. The average Bonchev–Trinajstić information content (AvgIpc) is 2.68. The van der Waals surface area contributed by atoms with Gasteiger partial charge in [0, 0.05) is 8.95 Å². The Kier molecular flexibility index (Phi) is 6.26. The van der Waals surface area contributed by atoms with Crippen molar-refractivity contribution in [2.24, 2.45) is 0 Å². The molecular formula is C22H16Br2O3. The van der Waals surface area contributed by atoms with Crippen LogP contribution in [0.15, 0.2) is 81.7 Å². The van der Waals surface area contributed by atoms with Gasteiger partial charge in [-0.1, -0.05) is 74.3 Å². The molecule has 0 saturated heterocycles. The van der Waals surface area contributed by atoms with Crippen molar-refractivity contribution in [2.45, 2.75) is 6.61 Å². The first-order valence-corrected chi connectivity index (χ1v) is 9.78. The van der Waals surface area contributed by atoms with Crippen molar-refractivity contribution >= 4 is 59.4 Å². The van der Waals surface area contributed by atoms with Crippen molar-refractivity contribution in [1.82, 2.24) is 0 Å². The summed E-state index contributed by atoms with van der Waals surface area (Å²) in [5.74, 6) is -0.896. The van der Waals surface area contributed by atoms with E-state index in [0.717, 1.165) is 30.7 Å². The predicted molar refractivity (Wildman–Crippen MR) is 116 cm³/mol. The summed E-state index contributed by atoms with van der Waals surface area (Å²) in [5, 5.41) is 22.0. The fourth-order valence-corrected chi connectivity index (χ4v) is 3.80. The first kappa shape index (κ1) is 19.5. The minimum Gasteiger partial charge on any atom is -0.478 e. The van der Waals surface area contributed by atoms with E-state index in [0.29, 0.717) is 5.56 Å². The van der Waals surface area contributed by atoms with Gasteiger partial charge in [-0.3, -0.25) is 0 Å². The minimum atomic E-state index is -0.896. The van der Waals surface area contributed by atoms with Crippen LogP contribution in [0, 0.1) is 0 Å². The Morgan fingerprint density at radius 1 is 0.778 bits per heavy atom. The summed E-state index contributed by atoms with van der Waals surface area (Å²) in [6, 6.07) is 22.8. The molecule has 0 aromatic heterocycles. The Balaban J connectivity index is 0.000000156. The van der Waals surface area contributed by atoms with E-state index in [1.807, 2.05) is 60.7 Å². The van der Waals surface area contributed by atoms with Crippen LogP contribution in [0.1, 0.15) is 15.9 Å². The molecule has 4 aromatic carbocycles. The highest BCUT2D eigenvalue weighted by molar-refractivity contribution is 9.11. The quantitative estimate of drug-likeness (QED) is 0.344. The van der Waals surface area contributed by atoms with Crippen molar-refractivity contribution < 1.29 is 15.0 Å². The molecule has 0 bridgehead atoms. The molecule has 27 heavy (non-hydrogen) atoms. The molecule has 0 radical (unpaired) electrons. The van der Waals surface area contributed by atoms with E-state index in [1.54, 1.807) is 12.1 Å². The van der Waals surface area contributed by atoms with Crippen LogP contribution < -0.4 is 0 Å². The van der Waals surface area contributed by atoms with Crippen molar-refractivity contribution in [3.05, 3.63) is 92.9 Å². The molecule has 4 aromatic rings. The Morgan fingerprint density at radius 3 is 1.89 bits per heavy atom. The monoisotopic (exact) mass is 486 g/mol. The Labute approximate surface area is 173 Å². The summed E-state index contributed by atoms with van der Waals surface area (Å²) in [4.78, 5) is 10.7. The molecule has 4 rings (SSSR count). The highest BCUT2D eigenvalue weighted by Gasteiger charge is 2.04. The lowest BCUT2D eigenvalue weighted by Crippen LogP contribution is -1.95. The predicted octanol–water partition coefficient (Wildman–Crippen LogP) is 6.40. The number of halogens is 2. The smallest absolute Gasteiger partial charge is 0.335 e. The molecule has 3 nitrogen and oxygen atoms in total. The zero-order chi connectivity index (χ0) is 19.4. The van der Waals surface area contributed by atoms with Gasteiger partial charge in [-0.2, -0.15) is 0 Å². The van der Waals surface area contributed by atoms with Crippen LogP contribution in [0.3, 0.4) is 0 Å². The molecule has 0 fully saturated rings. The number of hydrogen-bond acceptors (Lipinski definition) is 2. The van der Waals surface area contributed by atoms with Crippen molar-refractivity contribution in [1.29, 1.82) is 0 Å². The van der Waals surface area contributed by atoms with Crippen LogP contribution in [0.4, 0.5) is 0 Å². The van der Waals surface area contributed by atoms with E-state index in [-0.39, 0.29) is 6.61 Å². The van der Waals surface area contributed by atoms with Crippen molar-refractivity contribution in [3.8, 4) is 0 Å². The standard InChI is InChI=1S/C11H7BrO2.C11H9BrO/c12-10-3-1-2-7-6-8(11(13)14)4-5-9(7)10;12-11-3-1-2-9-6-8(7-13)4-5-10(9)11/h1-6H,(H,13,14);1-6,13H,7H2. The van der Waals surface area contributed by atoms with E-state index < -0.39 is 5.97 Å². The Morgan fingerprint density at radius 2 is 1.33 bits per heavy atom. The maximum Gasteiger partial charge on any atom is 0.335 e. The number of hydrogen-bond donors (Lipinski definition) is 2. The molecule has 136 valence electrons. The van der Waals surface area contributed by atoms with Crippen molar-refractivity contribution in [2.75, 3.05) is 0 Å². The number of aliphatic hydroxyl groups excluding tert-OH is 1. The summed E-state index contributed by atoms with van der Waals surface area (Å²) < 4.78 is 2.07. The van der Waals surface area contributed by atoms with Crippen LogP contribution in [0.25, 0.3) is 21.5 Å². The van der Waals surface area contributed by atoms with E-state index in [2.05, 4.69) is 31.9 Å². The Bertz CT molecular complexity index is 1120. The molecule has 0 aliphatic rings. The third kappa shape index (κ3) is 4.56. The van der Waals surface area contributed by atoms with Crippen LogP contribution in [-0.2, 0) is 6.61 Å². The van der Waals surface area contributed by atoms with Gasteiger partial charge in [-0.15, -0.1) is 0 Å². The SMILES string of the molecule is O=C(O)c1ccc2c(Br)cccc2c1.OCc1ccc2c(Br)cccc2c1. The first-order chi connectivity index (χ1) is 13.0. The van der Waals surface area contributed by atoms with E-state index in [9.17, 15) is 4.79 Å². The average molecular weight is 488 g/mol. The zero-order valence-electron chi connectivity index (χ0n) is 14.2. The first-order valence-electron chi connectivity index (χ1n) is 8.19. The summed E-state index contributed by atoms with van der Waals surface area (Å²) in [6.45, 7) is 0.0997. The molecule has 0 aliphatic heterocycles. The maximum atomic E-state index is 10.7. The number of rotatable bonds is 2. The summed E-state index contributed by atoms with van der Waals surface area (Å²) in [6.07, 6.45) is 0. The lowest BCUT2D eigenvalue weighted by Gasteiger charge is -2.02. The second kappa shape index (κ2) is 8.65. The van der Waals surface area contributed by atoms with E-state index in [1.165, 1.54) is 5.39 Å². The lowest BCUT2D eigenvalue weighted by atomic mass is 10.1. The lowest BCUT2D eigenvalue weighted by molar-refractivity contribution is 0.0697. The van der Waals surface area contributed by atoms with Crippen LogP contribution in [-0.4, -0.2) is 16.2 Å². The molecule has 0 atom stereocenters. The second-order valence-electron chi connectivity index (χ2n) is 5.93. The summed E-state index contributed by atoms with van der Waals surface area (Å²) >= 11 is 6.89. The molecule has 0 spiro atoms. The fraction of sp³-hybridized carbons (Fsp3) is 0.0455. The Hall–Kier alpha value is -2.21. The fourth-order valence-electron chi connectivity index (χ4n) is 2.77. The topological polar surface area (TPSA) is 57.5 Å². The number of benzene rings is 4. The van der Waals surface area contributed by atoms with Gasteiger partial charge in [-0.05, 0) is 57.4 Å². The number of carboxylic acid groups (broad SMARTS) is 1. The van der Waals surface area contributed by atoms with Gasteiger partial charge >= 0.3 is 5.97 Å². The van der Waals surface area contributed by atoms with Gasteiger partial charge in [-0.25, -0.2) is 4.79 Å². The number of carboxylic acids is 1. The largest absolute Gasteiger partial charge is 0.478 e. The van der Waals surface area contributed by atoms with Crippen LogP contribution in [0.2, 0.25) is 0 Å². The highest BCUT2D eigenvalue weighted by Crippen LogP contribution is 2.25. The molecule has 2 N–H and O–H groups in total. The molecule has 0 aliphatic carbocycles. The highest BCUT2D eigenvalue weighted by atomic mass is 79.9. The van der Waals surface area contributed by atoms with Gasteiger partial charge in [0.05, 0.1) is 12.2 Å². The van der Waals surface area contributed by atoms with Gasteiger partial charge in [0.15, 0.2) is 0 Å². The summed E-state index contributed by atoms with van der Waals surface area (Å²) in [5.41, 5.74) is 1.27. The number of carbonyl (C=O) groups is 1. The molecule has 5 heteroatoms. The maximum absolute atomic E-state index is 10.7. The zero-order valence-corrected chi connectivity index (χ0v) is 17.4. The van der Waals surface area contributed by atoms with Gasteiger partial charge in [0.2, 0.25) is 0 Å². The van der Waals surface area contributed by atoms with Gasteiger partial charge in [0.25, 0.3) is 0 Å². The molecule has 0 saturated carbocycles. The van der Waals surface area contributed by atoms with Crippen molar-refractivity contribution in [3.63, 3.8) is 0 Å². The number of aromatic carboxylic acids is 1. The molecule has 0 heterocycles. The third-order valence-electron chi connectivity index (χ3n) is 4.15. The van der Waals surface area contributed by atoms with E-state index in [4.69, 9.17) is 10.2 Å². The second-order valence-corrected chi connectivity index (χ2v) is 7.64. The molecular weight excluding hydrogens is 472 g/mol. The van der Waals surface area contributed by atoms with E-state index >= 15 is 0 Å². The van der Waals surface area contributed by atoms with Crippen LogP contribution >= 0.6 is 31.9 Å². The summed E-state index contributed by atoms with van der Waals surface area (Å²) in [7, 11) is 0. The molecule has 0 amide bonds. The van der Waals surface area contributed by atoms with Gasteiger partial charge in [0.1, 0.15) is 0 Å². The molecule has 0 unspecified atom stereocenters.